The van der Waals surface area contributed by atoms with Crippen LogP contribution >= 0.6 is 12.4 Å². The Morgan fingerprint density at radius 3 is 2.79 bits per heavy atom. The molecule has 2 aromatic rings. The Labute approximate surface area is 88.5 Å². The fourth-order valence-electron chi connectivity index (χ4n) is 1.31. The average Bonchev–Trinajstić information content (AvgIpc) is 2.47. The van der Waals surface area contributed by atoms with E-state index in [9.17, 15) is 0 Å². The monoisotopic (exact) mass is 212 g/mol. The molecule has 0 aromatic carbocycles. The van der Waals surface area contributed by atoms with E-state index in [4.69, 9.17) is 5.73 Å². The summed E-state index contributed by atoms with van der Waals surface area (Å²) in [4.78, 5) is 4.25. The van der Waals surface area contributed by atoms with Crippen LogP contribution in [0.1, 0.15) is 18.7 Å². The molecule has 0 amide bonds. The van der Waals surface area contributed by atoms with Crippen molar-refractivity contribution in [3.63, 3.8) is 0 Å². The van der Waals surface area contributed by atoms with Gasteiger partial charge < -0.3 is 5.73 Å². The van der Waals surface area contributed by atoms with Crippen LogP contribution in [0.5, 0.6) is 0 Å². The predicted octanol–water partition coefficient (Wildman–Crippen LogP) is 1.41. The Morgan fingerprint density at radius 2 is 2.14 bits per heavy atom. The molecular formula is C9H13ClN4. The maximum Gasteiger partial charge on any atom is 0.0862 e. The van der Waals surface area contributed by atoms with E-state index in [0.29, 0.717) is 0 Å². The van der Waals surface area contributed by atoms with E-state index in [-0.39, 0.29) is 18.4 Å². The van der Waals surface area contributed by atoms with Crippen LogP contribution in [0.15, 0.2) is 18.5 Å². The molecule has 0 aliphatic carbocycles. The summed E-state index contributed by atoms with van der Waals surface area (Å²) < 4.78 is 1.80. The highest BCUT2D eigenvalue weighted by Crippen LogP contribution is 2.15. The fourth-order valence-corrected chi connectivity index (χ4v) is 1.31. The third-order valence-corrected chi connectivity index (χ3v) is 2.12. The van der Waals surface area contributed by atoms with Gasteiger partial charge in [0.1, 0.15) is 0 Å². The number of hydrogen-bond donors (Lipinski definition) is 1. The lowest BCUT2D eigenvalue weighted by molar-refractivity contribution is 0.776. The summed E-state index contributed by atoms with van der Waals surface area (Å²) in [5.41, 5.74) is 7.66. The number of nitrogens with zero attached hydrogens (tertiary/aromatic N) is 3. The Morgan fingerprint density at radius 1 is 1.43 bits per heavy atom. The second kappa shape index (κ2) is 3.94. The minimum Gasteiger partial charge on any atom is -0.323 e. The molecular weight excluding hydrogens is 200 g/mol. The summed E-state index contributed by atoms with van der Waals surface area (Å²) in [6, 6.07) is 1.96. The van der Waals surface area contributed by atoms with Gasteiger partial charge in [0.25, 0.3) is 0 Å². The third-order valence-electron chi connectivity index (χ3n) is 2.12. The Hall–Kier alpha value is -1.13. The van der Waals surface area contributed by atoms with Crippen molar-refractivity contribution in [1.29, 1.82) is 0 Å². The van der Waals surface area contributed by atoms with Crippen LogP contribution in [0.4, 0.5) is 0 Å². The van der Waals surface area contributed by atoms with Crippen molar-refractivity contribution in [2.24, 2.45) is 12.8 Å². The van der Waals surface area contributed by atoms with Gasteiger partial charge in [0.05, 0.1) is 23.6 Å². The smallest absolute Gasteiger partial charge is 0.0862 e. The molecule has 0 aliphatic rings. The molecule has 0 fully saturated rings. The number of rotatable bonds is 1. The zero-order chi connectivity index (χ0) is 9.42. The second-order valence-electron chi connectivity index (χ2n) is 3.22. The first-order chi connectivity index (χ1) is 6.18. The molecule has 0 saturated carbocycles. The van der Waals surface area contributed by atoms with Crippen molar-refractivity contribution >= 4 is 23.3 Å². The molecule has 0 radical (unpaired) electrons. The normalized spacial score (nSPS) is 12.5. The van der Waals surface area contributed by atoms with Crippen molar-refractivity contribution in [2.45, 2.75) is 13.0 Å². The Kier molecular flexibility index (Phi) is 3.08. The molecule has 5 heteroatoms. The first kappa shape index (κ1) is 10.9. The largest absolute Gasteiger partial charge is 0.323 e. The van der Waals surface area contributed by atoms with E-state index in [2.05, 4.69) is 10.1 Å². The number of nitrogens with two attached hydrogens (primary N) is 1. The molecule has 4 nitrogen and oxygen atoms in total. The minimum absolute atomic E-state index is 0. The predicted molar refractivity (Wildman–Crippen MR) is 58.4 cm³/mol. The molecule has 76 valence electrons. The summed E-state index contributed by atoms with van der Waals surface area (Å²) in [6.07, 6.45) is 3.63. The second-order valence-corrected chi connectivity index (χ2v) is 3.22. The summed E-state index contributed by atoms with van der Waals surface area (Å²) in [7, 11) is 1.90. The van der Waals surface area contributed by atoms with Crippen molar-refractivity contribution in [3.05, 3.63) is 24.2 Å². The molecule has 14 heavy (non-hydrogen) atoms. The number of aromatic nitrogens is 3. The van der Waals surface area contributed by atoms with Crippen LogP contribution in [-0.2, 0) is 7.05 Å². The fraction of sp³-hybridized carbons (Fsp3) is 0.333. The standard InChI is InChI=1S/C9H12N4.ClH/c1-6(10)8-3-7-4-12-13(2)9(7)5-11-8;/h3-6H,10H2,1-2H3;1H. The molecule has 0 bridgehead atoms. The summed E-state index contributed by atoms with van der Waals surface area (Å²) >= 11 is 0. The molecule has 0 saturated heterocycles. The van der Waals surface area contributed by atoms with Gasteiger partial charge in [0, 0.05) is 18.5 Å². The van der Waals surface area contributed by atoms with Gasteiger partial charge in [0.2, 0.25) is 0 Å². The van der Waals surface area contributed by atoms with Crippen LogP contribution in [0.25, 0.3) is 10.9 Å². The first-order valence-electron chi connectivity index (χ1n) is 4.21. The number of pyridine rings is 1. The average molecular weight is 213 g/mol. The highest BCUT2D eigenvalue weighted by molar-refractivity contribution is 5.85. The van der Waals surface area contributed by atoms with Crippen LogP contribution in [0.2, 0.25) is 0 Å². The van der Waals surface area contributed by atoms with Gasteiger partial charge in [-0.25, -0.2) is 0 Å². The summed E-state index contributed by atoms with van der Waals surface area (Å²) in [5, 5.41) is 5.22. The van der Waals surface area contributed by atoms with Gasteiger partial charge in [-0.3, -0.25) is 9.67 Å². The van der Waals surface area contributed by atoms with E-state index in [0.717, 1.165) is 16.6 Å². The maximum absolute atomic E-state index is 5.72. The lowest BCUT2D eigenvalue weighted by atomic mass is 10.2. The van der Waals surface area contributed by atoms with Crippen molar-refractivity contribution in [2.75, 3.05) is 0 Å². The molecule has 2 aromatic heterocycles. The topological polar surface area (TPSA) is 56.7 Å². The van der Waals surface area contributed by atoms with Crippen LogP contribution in [-0.4, -0.2) is 14.8 Å². The van der Waals surface area contributed by atoms with E-state index < -0.39 is 0 Å². The molecule has 2 N–H and O–H groups in total. The number of aryl methyl sites for hydroxylation is 1. The van der Waals surface area contributed by atoms with Crippen LogP contribution in [0.3, 0.4) is 0 Å². The Balaban J connectivity index is 0.000000980. The highest BCUT2D eigenvalue weighted by atomic mass is 35.5. The van der Waals surface area contributed by atoms with Gasteiger partial charge in [0.15, 0.2) is 0 Å². The highest BCUT2D eigenvalue weighted by Gasteiger charge is 2.04. The number of halogens is 1. The maximum atomic E-state index is 5.72. The number of hydrogen-bond acceptors (Lipinski definition) is 3. The van der Waals surface area contributed by atoms with Gasteiger partial charge in [-0.2, -0.15) is 5.10 Å². The van der Waals surface area contributed by atoms with Gasteiger partial charge >= 0.3 is 0 Å². The third kappa shape index (κ3) is 1.71. The summed E-state index contributed by atoms with van der Waals surface area (Å²) in [5.74, 6) is 0. The van der Waals surface area contributed by atoms with Gasteiger partial charge in [-0.15, -0.1) is 12.4 Å². The van der Waals surface area contributed by atoms with Crippen LogP contribution < -0.4 is 5.73 Å². The van der Waals surface area contributed by atoms with E-state index in [1.807, 2.05) is 26.2 Å². The van der Waals surface area contributed by atoms with Crippen molar-refractivity contribution < 1.29 is 0 Å². The lowest BCUT2D eigenvalue weighted by Gasteiger charge is -2.03. The van der Waals surface area contributed by atoms with E-state index in [1.165, 1.54) is 0 Å². The quantitative estimate of drug-likeness (QED) is 0.778. The summed E-state index contributed by atoms with van der Waals surface area (Å²) in [6.45, 7) is 1.92. The molecule has 2 heterocycles. The zero-order valence-electron chi connectivity index (χ0n) is 8.14. The van der Waals surface area contributed by atoms with Gasteiger partial charge in [-0.05, 0) is 13.0 Å². The molecule has 1 atom stereocenters. The molecule has 0 spiro atoms. The van der Waals surface area contributed by atoms with Crippen LogP contribution in [0, 0.1) is 0 Å². The molecule has 0 aliphatic heterocycles. The van der Waals surface area contributed by atoms with Crippen molar-refractivity contribution in [1.82, 2.24) is 14.8 Å². The first-order valence-corrected chi connectivity index (χ1v) is 4.21. The van der Waals surface area contributed by atoms with E-state index in [1.54, 1.807) is 10.9 Å². The zero-order valence-corrected chi connectivity index (χ0v) is 8.95. The minimum atomic E-state index is -0.0235. The molecule has 2 rings (SSSR count). The van der Waals surface area contributed by atoms with Crippen molar-refractivity contribution in [3.8, 4) is 0 Å². The van der Waals surface area contributed by atoms with Gasteiger partial charge in [-0.1, -0.05) is 0 Å². The lowest BCUT2D eigenvalue weighted by Crippen LogP contribution is -2.06. The Bertz CT molecular complexity index is 435. The molecule has 1 unspecified atom stereocenters. The number of fused-ring (bicyclic) bond motifs is 1. The SMILES string of the molecule is CC(N)c1cc2cnn(C)c2cn1.Cl. The van der Waals surface area contributed by atoms with E-state index >= 15 is 0 Å².